The molecule has 1 fully saturated rings. The summed E-state index contributed by atoms with van der Waals surface area (Å²) in [4.78, 5) is 0. The van der Waals surface area contributed by atoms with Gasteiger partial charge in [-0.25, -0.2) is 0 Å². The third-order valence-electron chi connectivity index (χ3n) is 4.28. The highest BCUT2D eigenvalue weighted by Gasteiger charge is 2.40. The number of ether oxygens (including phenoxy) is 4. The molecule has 1 aliphatic rings. The zero-order chi connectivity index (χ0) is 15.4. The van der Waals surface area contributed by atoms with Gasteiger partial charge in [-0.05, 0) is 26.2 Å². The van der Waals surface area contributed by atoms with E-state index in [9.17, 15) is 5.11 Å². The number of unbranched alkanes of at least 4 members (excludes halogenated alkanes) is 1. The maximum atomic E-state index is 9.57. The van der Waals surface area contributed by atoms with Gasteiger partial charge in [0.25, 0.3) is 0 Å². The van der Waals surface area contributed by atoms with E-state index < -0.39 is 0 Å². The standard InChI is InChI=1S/C16H32O5/c1-3-4-7-18-10-12-20-13-11-19-8-5-16(14-17)6-9-21-15(16)2/h15,17H,3-14H2,1-2H3. The van der Waals surface area contributed by atoms with Crippen LogP contribution in [0.15, 0.2) is 0 Å². The lowest BCUT2D eigenvalue weighted by Crippen LogP contribution is -2.34. The van der Waals surface area contributed by atoms with Crippen LogP contribution in [0.2, 0.25) is 0 Å². The Labute approximate surface area is 128 Å². The molecule has 1 saturated heterocycles. The van der Waals surface area contributed by atoms with Crippen molar-refractivity contribution in [3.63, 3.8) is 0 Å². The minimum Gasteiger partial charge on any atom is -0.396 e. The monoisotopic (exact) mass is 304 g/mol. The Balaban J connectivity index is 1.90. The molecule has 1 aliphatic heterocycles. The predicted molar refractivity (Wildman–Crippen MR) is 81.5 cm³/mol. The summed E-state index contributed by atoms with van der Waals surface area (Å²) in [5.41, 5.74) is -0.117. The molecule has 126 valence electrons. The summed E-state index contributed by atoms with van der Waals surface area (Å²) in [6, 6.07) is 0. The summed E-state index contributed by atoms with van der Waals surface area (Å²) in [6.45, 7) is 9.01. The van der Waals surface area contributed by atoms with Gasteiger partial charge in [-0.3, -0.25) is 0 Å². The molecular weight excluding hydrogens is 272 g/mol. The van der Waals surface area contributed by atoms with E-state index in [4.69, 9.17) is 18.9 Å². The van der Waals surface area contributed by atoms with Gasteiger partial charge in [-0.2, -0.15) is 0 Å². The fourth-order valence-electron chi connectivity index (χ4n) is 2.50. The van der Waals surface area contributed by atoms with Gasteiger partial charge in [-0.15, -0.1) is 0 Å². The van der Waals surface area contributed by atoms with Crippen LogP contribution in [-0.2, 0) is 18.9 Å². The minimum absolute atomic E-state index is 0.114. The van der Waals surface area contributed by atoms with Crippen molar-refractivity contribution in [1.82, 2.24) is 0 Å². The highest BCUT2D eigenvalue weighted by Crippen LogP contribution is 2.37. The summed E-state index contributed by atoms with van der Waals surface area (Å²) in [5.74, 6) is 0. The van der Waals surface area contributed by atoms with Crippen molar-refractivity contribution in [1.29, 1.82) is 0 Å². The zero-order valence-electron chi connectivity index (χ0n) is 13.6. The van der Waals surface area contributed by atoms with Gasteiger partial charge in [0.1, 0.15) is 0 Å². The van der Waals surface area contributed by atoms with Crippen LogP contribution in [0.5, 0.6) is 0 Å². The van der Waals surface area contributed by atoms with Gasteiger partial charge in [0.05, 0.1) is 39.1 Å². The summed E-state index contributed by atoms with van der Waals surface area (Å²) < 4.78 is 22.0. The Morgan fingerprint density at radius 1 is 1.05 bits per heavy atom. The van der Waals surface area contributed by atoms with Crippen molar-refractivity contribution >= 4 is 0 Å². The molecule has 1 N–H and O–H groups in total. The lowest BCUT2D eigenvalue weighted by molar-refractivity contribution is -0.0153. The first-order valence-corrected chi connectivity index (χ1v) is 8.21. The molecule has 21 heavy (non-hydrogen) atoms. The van der Waals surface area contributed by atoms with Crippen molar-refractivity contribution in [2.45, 2.75) is 45.6 Å². The first-order chi connectivity index (χ1) is 10.2. The highest BCUT2D eigenvalue weighted by molar-refractivity contribution is 4.88. The third kappa shape index (κ3) is 7.06. The van der Waals surface area contributed by atoms with Crippen LogP contribution < -0.4 is 0 Å². The second-order valence-corrected chi connectivity index (χ2v) is 5.72. The van der Waals surface area contributed by atoms with Crippen LogP contribution in [0.25, 0.3) is 0 Å². The quantitative estimate of drug-likeness (QED) is 0.528. The van der Waals surface area contributed by atoms with E-state index in [2.05, 4.69) is 6.92 Å². The molecule has 0 aromatic carbocycles. The largest absolute Gasteiger partial charge is 0.396 e. The number of rotatable bonds is 13. The Hall–Kier alpha value is -0.200. The SMILES string of the molecule is CCCCOCCOCCOCCC1(CO)CCOC1C. The molecule has 2 unspecified atom stereocenters. The third-order valence-corrected chi connectivity index (χ3v) is 4.28. The number of aliphatic hydroxyl groups excluding tert-OH is 1. The first kappa shape index (κ1) is 18.8. The fourth-order valence-corrected chi connectivity index (χ4v) is 2.50. The molecule has 0 saturated carbocycles. The highest BCUT2D eigenvalue weighted by atomic mass is 16.5. The van der Waals surface area contributed by atoms with Gasteiger partial charge >= 0.3 is 0 Å². The molecular formula is C16H32O5. The lowest BCUT2D eigenvalue weighted by atomic mass is 9.80. The second-order valence-electron chi connectivity index (χ2n) is 5.72. The van der Waals surface area contributed by atoms with Crippen molar-refractivity contribution in [3.8, 4) is 0 Å². The first-order valence-electron chi connectivity index (χ1n) is 8.21. The molecule has 1 heterocycles. The number of hydrogen-bond acceptors (Lipinski definition) is 5. The van der Waals surface area contributed by atoms with Crippen LogP contribution in [0.1, 0.15) is 39.5 Å². The van der Waals surface area contributed by atoms with Crippen LogP contribution in [-0.4, -0.2) is 64.1 Å². The van der Waals surface area contributed by atoms with Crippen LogP contribution in [0.4, 0.5) is 0 Å². The summed E-state index contributed by atoms with van der Waals surface area (Å²) in [5, 5.41) is 9.57. The fraction of sp³-hybridized carbons (Fsp3) is 1.00. The van der Waals surface area contributed by atoms with Crippen LogP contribution in [0, 0.1) is 5.41 Å². The average Bonchev–Trinajstić information content (AvgIpc) is 2.86. The molecule has 0 aromatic heterocycles. The molecule has 2 atom stereocenters. The zero-order valence-corrected chi connectivity index (χ0v) is 13.6. The molecule has 5 nitrogen and oxygen atoms in total. The minimum atomic E-state index is -0.117. The van der Waals surface area contributed by atoms with E-state index in [-0.39, 0.29) is 18.1 Å². The van der Waals surface area contributed by atoms with E-state index in [1.54, 1.807) is 0 Å². The number of hydrogen-bond donors (Lipinski definition) is 1. The predicted octanol–water partition coefficient (Wildman–Crippen LogP) is 2.01. The number of aliphatic hydroxyl groups is 1. The van der Waals surface area contributed by atoms with Crippen molar-refractivity contribution in [2.75, 3.05) is 52.9 Å². The Kier molecular flexibility index (Phi) is 10.2. The topological polar surface area (TPSA) is 57.2 Å². The van der Waals surface area contributed by atoms with Gasteiger partial charge in [-0.1, -0.05) is 13.3 Å². The van der Waals surface area contributed by atoms with Crippen LogP contribution >= 0.6 is 0 Å². The Morgan fingerprint density at radius 2 is 1.67 bits per heavy atom. The molecule has 0 aromatic rings. The van der Waals surface area contributed by atoms with Crippen molar-refractivity contribution < 1.29 is 24.1 Å². The molecule has 1 rings (SSSR count). The molecule has 0 amide bonds. The average molecular weight is 304 g/mol. The Morgan fingerprint density at radius 3 is 2.19 bits per heavy atom. The van der Waals surface area contributed by atoms with Gasteiger partial charge < -0.3 is 24.1 Å². The van der Waals surface area contributed by atoms with Gasteiger partial charge in [0, 0.05) is 25.2 Å². The molecule has 0 radical (unpaired) electrons. The van der Waals surface area contributed by atoms with E-state index >= 15 is 0 Å². The van der Waals surface area contributed by atoms with Crippen molar-refractivity contribution in [2.24, 2.45) is 5.41 Å². The molecule has 0 bridgehead atoms. The van der Waals surface area contributed by atoms with Gasteiger partial charge in [0.15, 0.2) is 0 Å². The summed E-state index contributed by atoms with van der Waals surface area (Å²) in [7, 11) is 0. The second kappa shape index (κ2) is 11.4. The van der Waals surface area contributed by atoms with Crippen LogP contribution in [0.3, 0.4) is 0 Å². The lowest BCUT2D eigenvalue weighted by Gasteiger charge is -2.29. The maximum Gasteiger partial charge on any atom is 0.0701 e. The van der Waals surface area contributed by atoms with Crippen molar-refractivity contribution in [3.05, 3.63) is 0 Å². The summed E-state index contributed by atoms with van der Waals surface area (Å²) in [6.07, 6.45) is 4.14. The summed E-state index contributed by atoms with van der Waals surface area (Å²) >= 11 is 0. The van der Waals surface area contributed by atoms with E-state index in [1.807, 2.05) is 6.92 Å². The maximum absolute atomic E-state index is 9.57. The van der Waals surface area contributed by atoms with E-state index in [1.165, 1.54) is 0 Å². The van der Waals surface area contributed by atoms with Gasteiger partial charge in [0.2, 0.25) is 0 Å². The molecule has 5 heteroatoms. The smallest absolute Gasteiger partial charge is 0.0701 e. The molecule has 0 aliphatic carbocycles. The normalized spacial score (nSPS) is 25.6. The van der Waals surface area contributed by atoms with E-state index in [0.29, 0.717) is 33.0 Å². The Bertz CT molecular complexity index is 249. The van der Waals surface area contributed by atoms with E-state index in [0.717, 1.165) is 38.9 Å². The molecule has 0 spiro atoms.